The van der Waals surface area contributed by atoms with Crippen molar-refractivity contribution in [2.75, 3.05) is 10.6 Å². The van der Waals surface area contributed by atoms with Crippen LogP contribution in [0.15, 0.2) is 163 Å². The predicted molar refractivity (Wildman–Crippen MR) is 259 cm³/mol. The third kappa shape index (κ3) is 13.8. The molecule has 8 aromatic rings. The summed E-state index contributed by atoms with van der Waals surface area (Å²) in [5.74, 6) is 0.0484. The van der Waals surface area contributed by atoms with Gasteiger partial charge < -0.3 is 10.6 Å². The Morgan fingerprint density at radius 3 is 1.68 bits per heavy atom. The van der Waals surface area contributed by atoms with Gasteiger partial charge in [-0.25, -0.2) is 9.97 Å². The second-order valence-corrected chi connectivity index (χ2v) is 20.2. The summed E-state index contributed by atoms with van der Waals surface area (Å²) in [6.45, 7) is 1.59. The Hall–Kier alpha value is -8.12. The zero-order valence-electron chi connectivity index (χ0n) is 35.9. The first-order chi connectivity index (χ1) is 33.9. The van der Waals surface area contributed by atoms with Crippen LogP contribution in [-0.2, 0) is 51.6 Å². The van der Waals surface area contributed by atoms with Crippen molar-refractivity contribution in [2.45, 2.75) is 21.6 Å². The molecule has 8 rings (SSSR count). The lowest BCUT2D eigenvalue weighted by molar-refractivity contribution is 0.481. The summed E-state index contributed by atoms with van der Waals surface area (Å²) in [4.78, 5) is 8.38. The minimum atomic E-state index is -4.55. The van der Waals surface area contributed by atoms with Crippen LogP contribution in [0.2, 0.25) is 0 Å². The maximum absolute atomic E-state index is 12.1. The van der Waals surface area contributed by atoms with Crippen molar-refractivity contribution in [1.82, 2.24) is 9.97 Å². The van der Waals surface area contributed by atoms with E-state index < -0.39 is 51.6 Å². The van der Waals surface area contributed by atoms with E-state index in [1.165, 1.54) is 42.5 Å². The summed E-state index contributed by atoms with van der Waals surface area (Å²) in [7, 11) is -19.8. The minimum absolute atomic E-state index is 0.0172. The lowest BCUT2D eigenvalue weighted by atomic mass is 10.1. The van der Waals surface area contributed by atoms with E-state index in [0.717, 1.165) is 46.4 Å². The van der Waals surface area contributed by atoms with E-state index in [-0.39, 0.29) is 59.3 Å². The van der Waals surface area contributed by atoms with Crippen molar-refractivity contribution in [3.8, 4) is 17.3 Å². The lowest BCUT2D eigenvalue weighted by Crippen LogP contribution is -2.05. The molecule has 2 heterocycles. The largest absolute Gasteiger partial charge is 0.425 e. The van der Waals surface area contributed by atoms with E-state index in [1.807, 2.05) is 42.5 Å². The second-order valence-electron chi connectivity index (χ2n) is 14.2. The third-order valence-corrected chi connectivity index (χ3v) is 13.0. The highest BCUT2D eigenvalue weighted by Crippen LogP contribution is 2.43. The van der Waals surface area contributed by atoms with Gasteiger partial charge in [-0.3, -0.25) is 13.7 Å². The molecule has 0 spiro atoms. The number of fused-ring (bicyclic) bond motifs is 2. The second kappa shape index (κ2) is 22.3. The topological polar surface area (TPSA) is 389 Å². The van der Waals surface area contributed by atoms with E-state index in [1.54, 1.807) is 25.1 Å². The summed E-state index contributed by atoms with van der Waals surface area (Å²) in [6.07, 6.45) is 0. The maximum atomic E-state index is 12.1. The number of anilines is 4. The molecule has 6 aromatic carbocycles. The van der Waals surface area contributed by atoms with Crippen LogP contribution in [0.1, 0.15) is 11.1 Å². The number of aromatic nitrogens is 2. The van der Waals surface area contributed by atoms with Crippen molar-refractivity contribution >= 4 is 129 Å². The molecule has 0 radical (unpaired) electrons. The Morgan fingerprint density at radius 2 is 1.12 bits per heavy atom. The third-order valence-electron chi connectivity index (χ3n) is 9.57. The molecular weight excluding hydrogens is 1060 g/mol. The molecule has 0 aliphatic carbocycles. The quantitative estimate of drug-likeness (QED) is 0.0563. The van der Waals surface area contributed by atoms with Crippen LogP contribution in [0.4, 0.5) is 44.5 Å². The average Bonchev–Trinajstić information content (AvgIpc) is 3.72. The number of hydrogen-bond acceptors (Lipinski definition) is 22. The summed E-state index contributed by atoms with van der Waals surface area (Å²) < 4.78 is 150. The highest BCUT2D eigenvalue weighted by molar-refractivity contribution is 7.86. The Bertz CT molecular complexity index is 4080. The van der Waals surface area contributed by atoms with Crippen LogP contribution in [0.5, 0.6) is 0 Å². The Kier molecular flexibility index (Phi) is 16.5. The minimum Gasteiger partial charge on any atom is -0.339 e. The molecule has 0 amide bonds. The number of azo groups is 2. The van der Waals surface area contributed by atoms with E-state index >= 15 is 0 Å². The SMILES string of the molecule is Cc1c(C#N)c(Nc2ccc(S(=O)(=O)O)cc2)nc(Nc2ccc(S(=O)(=O)O)cc2)c1N=Nc1nc(-c2ccc3ccccc3c2)c(N=Nc2ccc3cccc(S(=O)(=O)O)c3c2)s1.O=S(=O)=O.O=S(=O)=O. The predicted octanol–water partition coefficient (Wildman–Crippen LogP) is 8.74. The Balaban J connectivity index is 0.000000986. The van der Waals surface area contributed by atoms with E-state index in [9.17, 15) is 44.2 Å². The number of pyridine rings is 1. The number of nitrogens with zero attached hydrogens (tertiary/aromatic N) is 7. The fourth-order valence-corrected chi connectivity index (χ4v) is 8.87. The smallest absolute Gasteiger partial charge is 0.339 e. The first-order valence-electron chi connectivity index (χ1n) is 19.4. The van der Waals surface area contributed by atoms with Crippen molar-refractivity contribution in [1.29, 1.82) is 5.26 Å². The van der Waals surface area contributed by atoms with Crippen LogP contribution in [0.25, 0.3) is 32.8 Å². The van der Waals surface area contributed by atoms with Gasteiger partial charge in [0.2, 0.25) is 5.13 Å². The number of nitriles is 1. The molecule has 0 fully saturated rings. The number of benzene rings is 6. The number of rotatable bonds is 12. The Labute approximate surface area is 414 Å². The summed E-state index contributed by atoms with van der Waals surface area (Å²) >= 11 is 1.02. The van der Waals surface area contributed by atoms with E-state index in [4.69, 9.17) is 30.2 Å². The normalized spacial score (nSPS) is 11.6. The number of hydrogen-bond donors (Lipinski definition) is 5. The van der Waals surface area contributed by atoms with Gasteiger partial charge >= 0.3 is 21.2 Å². The van der Waals surface area contributed by atoms with Gasteiger partial charge in [0, 0.05) is 27.9 Å². The lowest BCUT2D eigenvalue weighted by Gasteiger charge is -2.16. The van der Waals surface area contributed by atoms with Gasteiger partial charge in [0.1, 0.15) is 22.3 Å². The van der Waals surface area contributed by atoms with E-state index in [2.05, 4.69) is 42.1 Å². The molecule has 0 saturated heterocycles. The van der Waals surface area contributed by atoms with Gasteiger partial charge in [-0.05, 0) is 95.9 Å². The van der Waals surface area contributed by atoms with Crippen molar-refractivity contribution in [3.63, 3.8) is 0 Å². The van der Waals surface area contributed by atoms with Crippen LogP contribution < -0.4 is 10.6 Å². The maximum Gasteiger partial charge on any atom is 0.425 e. The standard InChI is InChI=1S/C42H29N9O9S4.2O3S/c1-24-35(23-43)39(44-29-13-17-32(18-14-29)62(52,53)54)47-40(45-30-15-19-33(20-16-30)63(55,56)57)37(24)49-51-42-46-38(28-10-9-25-5-2-3-6-27(25)21-28)41(61-42)50-48-31-12-11-26-7-4-8-36(34(26)22-31)64(58,59)60;2*1-4(2)3/h2-22H,1H3,(H2,44,45,47)(H,52,53,54)(H,55,56,57)(H,58,59,60);;. The van der Waals surface area contributed by atoms with Gasteiger partial charge in [0.05, 0.1) is 21.0 Å². The molecular formula is C42H29N9O15S6. The van der Waals surface area contributed by atoms with Gasteiger partial charge in [-0.1, -0.05) is 65.9 Å². The molecule has 0 aliphatic rings. The zero-order chi connectivity index (χ0) is 52.5. The van der Waals surface area contributed by atoms with Crippen LogP contribution in [-0.4, -0.2) is 74.1 Å². The molecule has 24 nitrogen and oxygen atoms in total. The molecule has 0 saturated carbocycles. The molecule has 30 heteroatoms. The Morgan fingerprint density at radius 1 is 0.583 bits per heavy atom. The number of thiazole rings is 1. The molecule has 0 bridgehead atoms. The van der Waals surface area contributed by atoms with Gasteiger partial charge in [-0.15, -0.1) is 45.7 Å². The summed E-state index contributed by atoms with van der Waals surface area (Å²) in [5, 5.41) is 37.3. The molecule has 5 N–H and O–H groups in total. The molecule has 368 valence electrons. The van der Waals surface area contributed by atoms with Crippen molar-refractivity contribution in [3.05, 3.63) is 139 Å². The molecule has 0 unspecified atom stereocenters. The van der Waals surface area contributed by atoms with Crippen LogP contribution in [0.3, 0.4) is 0 Å². The number of nitrogens with one attached hydrogen (secondary N) is 2. The fourth-order valence-electron chi connectivity index (χ4n) is 6.48. The average molecular weight is 1090 g/mol. The van der Waals surface area contributed by atoms with E-state index in [0.29, 0.717) is 33.0 Å². The molecule has 0 aliphatic heterocycles. The molecule has 72 heavy (non-hydrogen) atoms. The summed E-state index contributed by atoms with van der Waals surface area (Å²) in [6, 6.07) is 34.9. The first-order valence-corrected chi connectivity index (χ1v) is 26.6. The first kappa shape index (κ1) is 53.2. The van der Waals surface area contributed by atoms with Crippen LogP contribution >= 0.6 is 11.3 Å². The fraction of sp³-hybridized carbons (Fsp3) is 0.0238. The van der Waals surface area contributed by atoms with Gasteiger partial charge in [0.25, 0.3) is 30.4 Å². The summed E-state index contributed by atoms with van der Waals surface area (Å²) in [5.41, 5.74) is 2.31. The zero-order valence-corrected chi connectivity index (χ0v) is 40.8. The highest BCUT2D eigenvalue weighted by Gasteiger charge is 2.21. The van der Waals surface area contributed by atoms with Gasteiger partial charge in [0.15, 0.2) is 16.6 Å². The molecule has 2 aromatic heterocycles. The van der Waals surface area contributed by atoms with Gasteiger partial charge in [-0.2, -0.15) is 30.5 Å². The molecule has 0 atom stereocenters. The van der Waals surface area contributed by atoms with Crippen LogP contribution in [0, 0.1) is 18.3 Å². The highest BCUT2D eigenvalue weighted by atomic mass is 32.2. The monoisotopic (exact) mass is 1090 g/mol. The van der Waals surface area contributed by atoms with Crippen molar-refractivity contribution < 1.29 is 64.2 Å². The van der Waals surface area contributed by atoms with Crippen molar-refractivity contribution in [2.24, 2.45) is 20.5 Å².